The van der Waals surface area contributed by atoms with E-state index in [-0.39, 0.29) is 11.8 Å². The molecule has 9 nitrogen and oxygen atoms in total. The molecule has 3 aliphatic rings. The standard InChI is InChI=1S/C21H32N6O3/c1-24-19(17(15-22)20(29)25(2)21(24)30)27-13-7-16(8-14-27)18(28)23-9-6-12-26-10-4-3-5-11-26/h16-17H,3-14H2,1-2H3/p+1. The second-order valence-corrected chi connectivity index (χ2v) is 8.47. The van der Waals surface area contributed by atoms with E-state index in [4.69, 9.17) is 0 Å². The van der Waals surface area contributed by atoms with E-state index >= 15 is 0 Å². The maximum absolute atomic E-state index is 12.5. The molecule has 0 spiro atoms. The third kappa shape index (κ3) is 4.81. The Morgan fingerprint density at radius 2 is 1.80 bits per heavy atom. The second kappa shape index (κ2) is 10.0. The van der Waals surface area contributed by atoms with Crippen LogP contribution in [-0.2, 0) is 9.59 Å². The predicted octanol–water partition coefficient (Wildman–Crippen LogP) is 0.463. The van der Waals surface area contributed by atoms with Gasteiger partial charge in [-0.05, 0) is 51.7 Å². The summed E-state index contributed by atoms with van der Waals surface area (Å²) in [6.45, 7) is 5.17. The number of rotatable bonds is 5. The number of nitriles is 1. The molecule has 0 aromatic heterocycles. The van der Waals surface area contributed by atoms with Gasteiger partial charge < -0.3 is 10.2 Å². The zero-order valence-corrected chi connectivity index (χ0v) is 18.1. The van der Waals surface area contributed by atoms with Gasteiger partial charge >= 0.3 is 6.03 Å². The van der Waals surface area contributed by atoms with Gasteiger partial charge in [-0.3, -0.25) is 14.2 Å². The highest BCUT2D eigenvalue weighted by Crippen LogP contribution is 2.20. The van der Waals surface area contributed by atoms with E-state index in [1.807, 2.05) is 10.6 Å². The summed E-state index contributed by atoms with van der Waals surface area (Å²) in [6, 6.07) is 1.60. The first-order chi connectivity index (χ1) is 14.4. The maximum Gasteiger partial charge on any atom is 0.417 e. The maximum atomic E-state index is 12.5. The molecule has 0 aromatic rings. The lowest BCUT2D eigenvalue weighted by Gasteiger charge is -2.31. The fourth-order valence-electron chi connectivity index (χ4n) is 4.64. The van der Waals surface area contributed by atoms with E-state index in [2.05, 4.69) is 10.2 Å². The Labute approximate surface area is 178 Å². The van der Waals surface area contributed by atoms with E-state index in [0.717, 1.165) is 17.9 Å². The summed E-state index contributed by atoms with van der Waals surface area (Å²) in [5, 5.41) is 12.6. The number of amidine groups is 1. The van der Waals surface area contributed by atoms with Crippen molar-refractivity contribution in [2.45, 2.75) is 38.5 Å². The Morgan fingerprint density at radius 1 is 1.13 bits per heavy atom. The second-order valence-electron chi connectivity index (χ2n) is 8.47. The molecule has 3 heterocycles. The molecule has 164 valence electrons. The molecule has 4 amide bonds. The fourth-order valence-corrected chi connectivity index (χ4v) is 4.64. The third-order valence-electron chi connectivity index (χ3n) is 6.47. The number of imide groups is 1. The largest absolute Gasteiger partial charge is 0.417 e. The summed E-state index contributed by atoms with van der Waals surface area (Å²) in [6.07, 6.45) is 6.14. The molecule has 3 aliphatic heterocycles. The minimum absolute atomic E-state index is 0.0691. The minimum Gasteiger partial charge on any atom is -0.356 e. The molecule has 1 atom stereocenters. The molecule has 0 saturated carbocycles. The molecule has 1 N–H and O–H groups in total. The lowest BCUT2D eigenvalue weighted by molar-refractivity contribution is -0.545. The van der Waals surface area contributed by atoms with Crippen molar-refractivity contribution in [3.63, 3.8) is 0 Å². The molecule has 0 aliphatic carbocycles. The van der Waals surface area contributed by atoms with Crippen LogP contribution in [-0.4, -0.2) is 96.3 Å². The van der Waals surface area contributed by atoms with Gasteiger partial charge in [0, 0.05) is 19.5 Å². The highest BCUT2D eigenvalue weighted by Gasteiger charge is 2.48. The molecule has 0 aromatic carbocycles. The SMILES string of the molecule is CN1C(=O)C(C#N)C(=[N+]2CCC(C(=O)NCCCN3CCCCC3)CC2)N(C)C1=O. The van der Waals surface area contributed by atoms with E-state index < -0.39 is 17.9 Å². The number of hydrogen-bond acceptors (Lipinski definition) is 5. The summed E-state index contributed by atoms with van der Waals surface area (Å²) in [4.78, 5) is 42.0. The number of nitrogens with zero attached hydrogens (tertiary/aromatic N) is 5. The average molecular weight is 418 g/mol. The van der Waals surface area contributed by atoms with Gasteiger partial charge in [0.1, 0.15) is 0 Å². The Kier molecular flexibility index (Phi) is 7.43. The molecule has 3 saturated heterocycles. The van der Waals surface area contributed by atoms with Crippen molar-refractivity contribution in [1.29, 1.82) is 5.26 Å². The van der Waals surface area contributed by atoms with Crippen molar-refractivity contribution in [1.82, 2.24) is 20.0 Å². The first kappa shape index (κ1) is 22.2. The normalized spacial score (nSPS) is 26.0. The van der Waals surface area contributed by atoms with Crippen molar-refractivity contribution in [3.8, 4) is 6.07 Å². The van der Waals surface area contributed by atoms with Crippen molar-refractivity contribution in [2.24, 2.45) is 11.8 Å². The van der Waals surface area contributed by atoms with Crippen LogP contribution in [0.2, 0.25) is 0 Å². The van der Waals surface area contributed by atoms with Gasteiger partial charge in [-0.1, -0.05) is 6.42 Å². The highest BCUT2D eigenvalue weighted by atomic mass is 16.2. The van der Waals surface area contributed by atoms with Crippen molar-refractivity contribution < 1.29 is 19.0 Å². The number of urea groups is 1. The smallest absolute Gasteiger partial charge is 0.356 e. The van der Waals surface area contributed by atoms with Crippen LogP contribution >= 0.6 is 0 Å². The number of amides is 4. The fraction of sp³-hybridized carbons (Fsp3) is 0.762. The van der Waals surface area contributed by atoms with Crippen LogP contribution < -0.4 is 5.32 Å². The molecule has 30 heavy (non-hydrogen) atoms. The molecule has 0 bridgehead atoms. The van der Waals surface area contributed by atoms with Crippen molar-refractivity contribution in [2.75, 3.05) is 53.4 Å². The zero-order valence-electron chi connectivity index (χ0n) is 18.1. The van der Waals surface area contributed by atoms with Crippen LogP contribution in [0, 0.1) is 23.2 Å². The van der Waals surface area contributed by atoms with Gasteiger partial charge in [0.2, 0.25) is 11.8 Å². The first-order valence-corrected chi connectivity index (χ1v) is 11.0. The van der Waals surface area contributed by atoms with E-state index in [0.29, 0.717) is 38.3 Å². The van der Waals surface area contributed by atoms with Crippen LogP contribution in [0.25, 0.3) is 0 Å². The lowest BCUT2D eigenvalue weighted by atomic mass is 9.95. The average Bonchev–Trinajstić information content (AvgIpc) is 2.78. The zero-order chi connectivity index (χ0) is 21.7. The Morgan fingerprint density at radius 3 is 2.43 bits per heavy atom. The molecular formula is C21H33N6O3+. The van der Waals surface area contributed by atoms with Gasteiger partial charge in [0.15, 0.2) is 0 Å². The number of carbonyl (C=O) groups is 3. The number of likely N-dealkylation sites (tertiary alicyclic amines) is 1. The lowest BCUT2D eigenvalue weighted by Crippen LogP contribution is -2.59. The summed E-state index contributed by atoms with van der Waals surface area (Å²) in [5.74, 6) is -1.03. The highest BCUT2D eigenvalue weighted by molar-refractivity contribution is 6.17. The summed E-state index contributed by atoms with van der Waals surface area (Å²) in [7, 11) is 2.98. The molecule has 3 rings (SSSR count). The quantitative estimate of drug-likeness (QED) is 0.518. The van der Waals surface area contributed by atoms with Gasteiger partial charge in [-0.2, -0.15) is 10.2 Å². The molecular weight excluding hydrogens is 384 g/mol. The van der Waals surface area contributed by atoms with Crippen LogP contribution in [0.5, 0.6) is 0 Å². The number of carbonyl (C=O) groups excluding carboxylic acids is 3. The molecule has 0 radical (unpaired) electrons. The van der Waals surface area contributed by atoms with E-state index in [9.17, 15) is 19.6 Å². The number of hydrogen-bond donors (Lipinski definition) is 1. The van der Waals surface area contributed by atoms with Crippen LogP contribution in [0.15, 0.2) is 0 Å². The van der Waals surface area contributed by atoms with E-state index in [1.165, 1.54) is 44.3 Å². The number of piperidine rings is 2. The number of nitrogens with one attached hydrogen (secondary N) is 1. The van der Waals surface area contributed by atoms with Crippen LogP contribution in [0.1, 0.15) is 38.5 Å². The van der Waals surface area contributed by atoms with Gasteiger partial charge in [-0.25, -0.2) is 9.69 Å². The first-order valence-electron chi connectivity index (χ1n) is 11.0. The van der Waals surface area contributed by atoms with Crippen molar-refractivity contribution in [3.05, 3.63) is 0 Å². The Balaban J connectivity index is 1.50. The summed E-state index contributed by atoms with van der Waals surface area (Å²) in [5.41, 5.74) is 0. The van der Waals surface area contributed by atoms with Gasteiger partial charge in [0.05, 0.1) is 26.2 Å². The Hall–Kier alpha value is -2.47. The van der Waals surface area contributed by atoms with Gasteiger partial charge in [0.25, 0.3) is 11.7 Å². The topological polar surface area (TPSA) is 99.8 Å². The minimum atomic E-state index is -0.988. The summed E-state index contributed by atoms with van der Waals surface area (Å²) < 4.78 is 1.91. The predicted molar refractivity (Wildman–Crippen MR) is 111 cm³/mol. The van der Waals surface area contributed by atoms with Crippen LogP contribution in [0.3, 0.4) is 0 Å². The molecule has 9 heteroatoms. The van der Waals surface area contributed by atoms with E-state index in [1.54, 1.807) is 7.05 Å². The molecule has 3 fully saturated rings. The third-order valence-corrected chi connectivity index (χ3v) is 6.47. The molecule has 1 unspecified atom stereocenters. The van der Waals surface area contributed by atoms with Crippen LogP contribution in [0.4, 0.5) is 4.79 Å². The van der Waals surface area contributed by atoms with Crippen molar-refractivity contribution >= 4 is 23.7 Å². The summed E-state index contributed by atoms with van der Waals surface area (Å²) >= 11 is 0. The van der Waals surface area contributed by atoms with Gasteiger partial charge in [-0.15, -0.1) is 0 Å². The Bertz CT molecular complexity index is 742. The monoisotopic (exact) mass is 417 g/mol.